The highest BCUT2D eigenvalue weighted by atomic mass is 16.5. The summed E-state index contributed by atoms with van der Waals surface area (Å²) in [7, 11) is 4.16. The van der Waals surface area contributed by atoms with Crippen LogP contribution in [-0.2, 0) is 6.54 Å². The van der Waals surface area contributed by atoms with Gasteiger partial charge in [0.1, 0.15) is 11.6 Å². The monoisotopic (exact) mass is 406 g/mol. The first-order valence-electron chi connectivity index (χ1n) is 10.4. The van der Waals surface area contributed by atoms with E-state index in [-0.39, 0.29) is 5.95 Å². The van der Waals surface area contributed by atoms with Crippen molar-refractivity contribution in [2.24, 2.45) is 5.92 Å². The molecular formula is C23H30N6O. The summed E-state index contributed by atoms with van der Waals surface area (Å²) in [4.78, 5) is 13.0. The second-order valence-corrected chi connectivity index (χ2v) is 8.21. The van der Waals surface area contributed by atoms with E-state index in [0.717, 1.165) is 43.6 Å². The zero-order valence-electron chi connectivity index (χ0n) is 17.7. The summed E-state index contributed by atoms with van der Waals surface area (Å²) in [5.74, 6) is 1.80. The molecule has 0 saturated carbocycles. The van der Waals surface area contributed by atoms with Crippen LogP contribution in [-0.4, -0.2) is 48.7 Å². The zero-order valence-corrected chi connectivity index (χ0v) is 17.7. The quantitative estimate of drug-likeness (QED) is 0.649. The molecule has 4 rings (SSSR count). The normalized spacial score (nSPS) is 15.4. The van der Waals surface area contributed by atoms with Crippen LogP contribution in [0.1, 0.15) is 18.4 Å². The number of benzene rings is 2. The Morgan fingerprint density at radius 1 is 1.07 bits per heavy atom. The van der Waals surface area contributed by atoms with Gasteiger partial charge in [-0.05, 0) is 61.7 Å². The number of rotatable bonds is 6. The maximum atomic E-state index is 6.15. The molecule has 0 spiro atoms. The lowest BCUT2D eigenvalue weighted by molar-refractivity contribution is 0.137. The summed E-state index contributed by atoms with van der Waals surface area (Å²) in [6.07, 6.45) is 2.24. The van der Waals surface area contributed by atoms with Crippen LogP contribution in [0.3, 0.4) is 0 Å². The van der Waals surface area contributed by atoms with Crippen LogP contribution in [0.15, 0.2) is 42.5 Å². The van der Waals surface area contributed by atoms with E-state index in [2.05, 4.69) is 58.1 Å². The number of nitrogen functional groups attached to an aromatic ring is 2. The molecule has 30 heavy (non-hydrogen) atoms. The van der Waals surface area contributed by atoms with Gasteiger partial charge in [0, 0.05) is 26.3 Å². The average Bonchev–Trinajstić information content (AvgIpc) is 2.73. The highest BCUT2D eigenvalue weighted by Crippen LogP contribution is 2.30. The molecule has 2 heterocycles. The van der Waals surface area contributed by atoms with Gasteiger partial charge in [-0.2, -0.15) is 4.98 Å². The van der Waals surface area contributed by atoms with Crippen molar-refractivity contribution in [3.05, 3.63) is 48.0 Å². The third-order valence-corrected chi connectivity index (χ3v) is 5.75. The SMILES string of the molecule is CN(C)c1cccc(CN2CCC(COc3cccc4nc(N)nc(N)c34)CC2)c1. The van der Waals surface area contributed by atoms with E-state index in [0.29, 0.717) is 23.9 Å². The summed E-state index contributed by atoms with van der Waals surface area (Å²) in [6, 6.07) is 14.5. The smallest absolute Gasteiger partial charge is 0.222 e. The van der Waals surface area contributed by atoms with Crippen molar-refractivity contribution in [1.82, 2.24) is 14.9 Å². The summed E-state index contributed by atoms with van der Waals surface area (Å²) < 4.78 is 6.15. The molecule has 4 N–H and O–H groups in total. The van der Waals surface area contributed by atoms with Gasteiger partial charge in [-0.15, -0.1) is 0 Å². The molecule has 0 atom stereocenters. The molecule has 0 unspecified atom stereocenters. The number of anilines is 3. The first-order valence-corrected chi connectivity index (χ1v) is 10.4. The van der Waals surface area contributed by atoms with Crippen molar-refractivity contribution in [2.45, 2.75) is 19.4 Å². The predicted octanol–water partition coefficient (Wildman–Crippen LogP) is 3.15. The molecule has 2 aromatic carbocycles. The number of hydrogen-bond donors (Lipinski definition) is 2. The lowest BCUT2D eigenvalue weighted by atomic mass is 9.97. The van der Waals surface area contributed by atoms with Gasteiger partial charge in [-0.3, -0.25) is 4.90 Å². The van der Waals surface area contributed by atoms with Gasteiger partial charge in [0.25, 0.3) is 0 Å². The molecule has 3 aromatic rings. The number of nitrogens with two attached hydrogens (primary N) is 2. The maximum Gasteiger partial charge on any atom is 0.222 e. The minimum absolute atomic E-state index is 0.181. The number of fused-ring (bicyclic) bond motifs is 1. The predicted molar refractivity (Wildman–Crippen MR) is 123 cm³/mol. The molecule has 1 fully saturated rings. The van der Waals surface area contributed by atoms with Gasteiger partial charge in [0.2, 0.25) is 5.95 Å². The van der Waals surface area contributed by atoms with Crippen LogP contribution in [0, 0.1) is 5.92 Å². The molecule has 0 aliphatic carbocycles. The molecular weight excluding hydrogens is 376 g/mol. The topological polar surface area (TPSA) is 93.5 Å². The Labute approximate surface area is 177 Å². The van der Waals surface area contributed by atoms with Crippen LogP contribution in [0.5, 0.6) is 5.75 Å². The first-order chi connectivity index (χ1) is 14.5. The molecule has 7 nitrogen and oxygen atoms in total. The highest BCUT2D eigenvalue weighted by Gasteiger charge is 2.20. The summed E-state index contributed by atoms with van der Waals surface area (Å²) >= 11 is 0. The second kappa shape index (κ2) is 8.75. The number of nitrogens with zero attached hydrogens (tertiary/aromatic N) is 4. The molecule has 0 radical (unpaired) electrons. The highest BCUT2D eigenvalue weighted by molar-refractivity contribution is 5.94. The van der Waals surface area contributed by atoms with Crippen LogP contribution >= 0.6 is 0 Å². The van der Waals surface area contributed by atoms with Gasteiger partial charge in [-0.1, -0.05) is 18.2 Å². The van der Waals surface area contributed by atoms with Crippen molar-refractivity contribution < 1.29 is 4.74 Å². The van der Waals surface area contributed by atoms with E-state index < -0.39 is 0 Å². The van der Waals surface area contributed by atoms with E-state index in [4.69, 9.17) is 16.2 Å². The van der Waals surface area contributed by atoms with Gasteiger partial charge in [-0.25, -0.2) is 4.98 Å². The fourth-order valence-electron chi connectivity index (χ4n) is 4.03. The van der Waals surface area contributed by atoms with Crippen LogP contribution < -0.4 is 21.1 Å². The van der Waals surface area contributed by atoms with Crippen LogP contribution in [0.2, 0.25) is 0 Å². The molecule has 1 saturated heterocycles. The second-order valence-electron chi connectivity index (χ2n) is 8.21. The van der Waals surface area contributed by atoms with Crippen molar-refractivity contribution in [2.75, 3.05) is 50.2 Å². The Kier molecular flexibility index (Phi) is 5.90. The van der Waals surface area contributed by atoms with Crippen molar-refractivity contribution in [3.63, 3.8) is 0 Å². The minimum atomic E-state index is 0.181. The number of aromatic nitrogens is 2. The Hall–Kier alpha value is -3.06. The minimum Gasteiger partial charge on any atom is -0.492 e. The Morgan fingerprint density at radius 3 is 2.60 bits per heavy atom. The number of ether oxygens (including phenoxy) is 1. The Bertz CT molecular complexity index is 1010. The van der Waals surface area contributed by atoms with Gasteiger partial charge in [0.15, 0.2) is 0 Å². The van der Waals surface area contributed by atoms with Crippen LogP contribution in [0.4, 0.5) is 17.5 Å². The molecule has 1 aliphatic rings. The largest absolute Gasteiger partial charge is 0.492 e. The van der Waals surface area contributed by atoms with E-state index >= 15 is 0 Å². The van der Waals surface area contributed by atoms with Crippen molar-refractivity contribution in [3.8, 4) is 5.75 Å². The number of hydrogen-bond acceptors (Lipinski definition) is 7. The number of likely N-dealkylation sites (tertiary alicyclic amines) is 1. The molecule has 0 bridgehead atoms. The lowest BCUT2D eigenvalue weighted by Gasteiger charge is -2.32. The van der Waals surface area contributed by atoms with Gasteiger partial charge < -0.3 is 21.1 Å². The summed E-state index contributed by atoms with van der Waals surface area (Å²) in [6.45, 7) is 3.83. The summed E-state index contributed by atoms with van der Waals surface area (Å²) in [5.41, 5.74) is 15.1. The van der Waals surface area contributed by atoms with Crippen molar-refractivity contribution >= 4 is 28.4 Å². The standard InChI is InChI=1S/C23H30N6O/c1-28(2)18-6-3-5-17(13-18)14-29-11-9-16(10-12-29)15-30-20-8-4-7-19-21(20)22(24)27-23(25)26-19/h3-8,13,16H,9-12,14-15H2,1-2H3,(H4,24,25,26,27). The fourth-order valence-corrected chi connectivity index (χ4v) is 4.03. The fraction of sp³-hybridized carbons (Fsp3) is 0.391. The molecule has 0 amide bonds. The van der Waals surface area contributed by atoms with E-state index in [1.54, 1.807) is 0 Å². The van der Waals surface area contributed by atoms with Crippen LogP contribution in [0.25, 0.3) is 10.9 Å². The van der Waals surface area contributed by atoms with Crippen molar-refractivity contribution in [1.29, 1.82) is 0 Å². The Balaban J connectivity index is 1.33. The molecule has 158 valence electrons. The third kappa shape index (κ3) is 4.57. The van der Waals surface area contributed by atoms with E-state index in [1.807, 2.05) is 18.2 Å². The van der Waals surface area contributed by atoms with Gasteiger partial charge in [0.05, 0.1) is 17.5 Å². The maximum absolute atomic E-state index is 6.15. The van der Waals surface area contributed by atoms with E-state index in [1.165, 1.54) is 11.3 Å². The van der Waals surface area contributed by atoms with Gasteiger partial charge >= 0.3 is 0 Å². The molecule has 7 heteroatoms. The lowest BCUT2D eigenvalue weighted by Crippen LogP contribution is -2.35. The molecule has 1 aliphatic heterocycles. The third-order valence-electron chi connectivity index (χ3n) is 5.75. The summed E-state index contributed by atoms with van der Waals surface area (Å²) in [5, 5.41) is 0.741. The zero-order chi connectivity index (χ0) is 21.1. The average molecular weight is 407 g/mol. The first kappa shape index (κ1) is 20.2. The Morgan fingerprint density at radius 2 is 1.83 bits per heavy atom. The molecule has 1 aromatic heterocycles. The van der Waals surface area contributed by atoms with E-state index in [9.17, 15) is 0 Å². The number of piperidine rings is 1.